The molecule has 0 saturated carbocycles. The van der Waals surface area contributed by atoms with E-state index >= 15 is 0 Å². The molecule has 0 aromatic heterocycles. The molecule has 0 heteroatoms. The average Bonchev–Trinajstić information content (AvgIpc) is 2.03. The van der Waals surface area contributed by atoms with Gasteiger partial charge in [0.15, 0.2) is 0 Å². The van der Waals surface area contributed by atoms with Crippen molar-refractivity contribution in [2.24, 2.45) is 0 Å². The van der Waals surface area contributed by atoms with Crippen LogP contribution in [0.25, 0.3) is 0 Å². The minimum atomic E-state index is 1.19. The molecule has 0 saturated heterocycles. The van der Waals surface area contributed by atoms with Crippen LogP contribution in [0.1, 0.15) is 51.9 Å². The van der Waals surface area contributed by atoms with Crippen LogP contribution in [0.15, 0.2) is 12.7 Å². The van der Waals surface area contributed by atoms with E-state index in [1.807, 2.05) is 6.08 Å². The van der Waals surface area contributed by atoms with Crippen LogP contribution in [0.5, 0.6) is 0 Å². The van der Waals surface area contributed by atoms with Crippen LogP contribution >= 0.6 is 0 Å². The van der Waals surface area contributed by atoms with Crippen LogP contribution in [0, 0.1) is 6.42 Å². The molecule has 0 aliphatic heterocycles. The van der Waals surface area contributed by atoms with Crippen LogP contribution in [0.2, 0.25) is 0 Å². The van der Waals surface area contributed by atoms with E-state index in [4.69, 9.17) is 0 Å². The van der Waals surface area contributed by atoms with Crippen LogP contribution in [-0.4, -0.2) is 0 Å². The largest absolute Gasteiger partial charge is 0.103 e. The maximum atomic E-state index is 3.70. The molecular weight excluding hydrogens is 132 g/mol. The van der Waals surface area contributed by atoms with Crippen molar-refractivity contribution in [2.75, 3.05) is 0 Å². The van der Waals surface area contributed by atoms with E-state index in [9.17, 15) is 0 Å². The molecule has 0 aliphatic rings. The first-order valence-electron chi connectivity index (χ1n) is 4.84. The van der Waals surface area contributed by atoms with Gasteiger partial charge >= 0.3 is 0 Å². The Balaban J connectivity index is 2.74. The maximum absolute atomic E-state index is 3.70. The Bertz CT molecular complexity index is 74.1. The zero-order chi connectivity index (χ0) is 8.36. The Hall–Kier alpha value is -0.260. The number of hydrogen-bond acceptors (Lipinski definition) is 0. The topological polar surface area (TPSA) is 0 Å². The molecule has 0 aromatic rings. The van der Waals surface area contributed by atoms with E-state index in [1.165, 1.54) is 44.9 Å². The monoisotopic (exact) mass is 153 g/mol. The first kappa shape index (κ1) is 10.7. The molecule has 0 bridgehead atoms. The normalized spacial score (nSPS) is 9.91. The van der Waals surface area contributed by atoms with Gasteiger partial charge in [0.1, 0.15) is 0 Å². The summed E-state index contributed by atoms with van der Waals surface area (Å²) in [5.41, 5.74) is 0. The van der Waals surface area contributed by atoms with Crippen LogP contribution < -0.4 is 0 Å². The molecule has 1 radical (unpaired) electrons. The summed E-state index contributed by atoms with van der Waals surface area (Å²) < 4.78 is 0. The van der Waals surface area contributed by atoms with Crippen LogP contribution in [0.4, 0.5) is 0 Å². The Labute approximate surface area is 71.7 Å². The summed E-state index contributed by atoms with van der Waals surface area (Å²) in [7, 11) is 0. The van der Waals surface area contributed by atoms with E-state index in [-0.39, 0.29) is 0 Å². The number of unbranched alkanes of at least 4 members (excludes halogenated alkanes) is 7. The average molecular weight is 153 g/mol. The molecular formula is C11H21. The molecule has 0 rings (SSSR count). The predicted molar refractivity (Wildman–Crippen MR) is 52.5 cm³/mol. The van der Waals surface area contributed by atoms with E-state index in [0.717, 1.165) is 0 Å². The van der Waals surface area contributed by atoms with Crippen molar-refractivity contribution in [3.63, 3.8) is 0 Å². The molecule has 0 nitrogen and oxygen atoms in total. The maximum Gasteiger partial charge on any atom is -0.0353 e. The summed E-state index contributed by atoms with van der Waals surface area (Å²) in [6, 6.07) is 0. The SMILES string of the molecule is C=CCCCCC[CH]CCC. The molecule has 0 spiro atoms. The number of allylic oxidation sites excluding steroid dienone is 1. The molecule has 0 fully saturated rings. The van der Waals surface area contributed by atoms with Crippen LogP contribution in [0.3, 0.4) is 0 Å². The minimum Gasteiger partial charge on any atom is -0.103 e. The Morgan fingerprint density at radius 2 is 1.73 bits per heavy atom. The lowest BCUT2D eigenvalue weighted by Crippen LogP contribution is -1.79. The zero-order valence-electron chi connectivity index (χ0n) is 7.81. The van der Waals surface area contributed by atoms with Gasteiger partial charge < -0.3 is 0 Å². The molecule has 65 valence electrons. The second kappa shape index (κ2) is 9.74. The Morgan fingerprint density at radius 1 is 1.00 bits per heavy atom. The standard InChI is InChI=1S/C11H21/c1-3-5-7-9-11-10-8-6-4-2/h3,8H,1,4-7,9-11H2,2H3. The summed E-state index contributed by atoms with van der Waals surface area (Å²) in [5.74, 6) is 0. The highest BCUT2D eigenvalue weighted by molar-refractivity contribution is 4.67. The fraction of sp³-hybridized carbons (Fsp3) is 0.727. The van der Waals surface area contributed by atoms with Gasteiger partial charge in [0.2, 0.25) is 0 Å². The summed E-state index contributed by atoms with van der Waals surface area (Å²) in [6.45, 7) is 5.93. The molecule has 0 heterocycles. The lowest BCUT2D eigenvalue weighted by Gasteiger charge is -1.97. The molecule has 0 unspecified atom stereocenters. The summed E-state index contributed by atoms with van der Waals surface area (Å²) in [6.07, 6.45) is 13.6. The van der Waals surface area contributed by atoms with E-state index in [0.29, 0.717) is 0 Å². The van der Waals surface area contributed by atoms with Gasteiger partial charge in [-0.25, -0.2) is 0 Å². The molecule has 0 amide bonds. The quantitative estimate of drug-likeness (QED) is 0.363. The molecule has 0 aromatic carbocycles. The van der Waals surface area contributed by atoms with Crippen molar-refractivity contribution in [1.29, 1.82) is 0 Å². The third kappa shape index (κ3) is 9.74. The predicted octanol–water partition coefficient (Wildman–Crippen LogP) is 4.13. The highest BCUT2D eigenvalue weighted by Crippen LogP contribution is 2.07. The molecule has 0 N–H and O–H groups in total. The van der Waals surface area contributed by atoms with Gasteiger partial charge in [-0.1, -0.05) is 45.1 Å². The van der Waals surface area contributed by atoms with Crippen molar-refractivity contribution < 1.29 is 0 Å². The zero-order valence-corrected chi connectivity index (χ0v) is 7.81. The second-order valence-electron chi connectivity index (χ2n) is 3.00. The van der Waals surface area contributed by atoms with Crippen molar-refractivity contribution in [2.45, 2.75) is 51.9 Å². The molecule has 11 heavy (non-hydrogen) atoms. The van der Waals surface area contributed by atoms with Gasteiger partial charge in [-0.15, -0.1) is 6.58 Å². The lowest BCUT2D eigenvalue weighted by molar-refractivity contribution is 0.665. The van der Waals surface area contributed by atoms with Crippen molar-refractivity contribution in [3.05, 3.63) is 19.1 Å². The first-order valence-corrected chi connectivity index (χ1v) is 4.84. The Kier molecular flexibility index (Phi) is 9.51. The number of rotatable bonds is 8. The van der Waals surface area contributed by atoms with E-state index in [1.54, 1.807) is 0 Å². The molecule has 0 aliphatic carbocycles. The minimum absolute atomic E-state index is 1.19. The Morgan fingerprint density at radius 3 is 2.36 bits per heavy atom. The fourth-order valence-corrected chi connectivity index (χ4v) is 1.10. The van der Waals surface area contributed by atoms with Gasteiger partial charge in [0.25, 0.3) is 0 Å². The third-order valence-electron chi connectivity index (χ3n) is 1.81. The fourth-order valence-electron chi connectivity index (χ4n) is 1.10. The van der Waals surface area contributed by atoms with Gasteiger partial charge in [-0.05, 0) is 19.3 Å². The van der Waals surface area contributed by atoms with Gasteiger partial charge in [-0.2, -0.15) is 0 Å². The highest BCUT2D eigenvalue weighted by Gasteiger charge is 1.88. The highest BCUT2D eigenvalue weighted by atomic mass is 13.9. The van der Waals surface area contributed by atoms with Gasteiger partial charge in [-0.3, -0.25) is 0 Å². The van der Waals surface area contributed by atoms with Crippen molar-refractivity contribution >= 4 is 0 Å². The first-order chi connectivity index (χ1) is 5.41. The summed E-state index contributed by atoms with van der Waals surface area (Å²) >= 11 is 0. The van der Waals surface area contributed by atoms with Crippen molar-refractivity contribution in [3.8, 4) is 0 Å². The smallest absolute Gasteiger partial charge is 0.0353 e. The second-order valence-corrected chi connectivity index (χ2v) is 3.00. The van der Waals surface area contributed by atoms with Crippen LogP contribution in [-0.2, 0) is 0 Å². The summed E-state index contributed by atoms with van der Waals surface area (Å²) in [4.78, 5) is 0. The lowest BCUT2D eigenvalue weighted by atomic mass is 10.1. The van der Waals surface area contributed by atoms with E-state index < -0.39 is 0 Å². The van der Waals surface area contributed by atoms with Gasteiger partial charge in [0.05, 0.1) is 0 Å². The molecule has 0 atom stereocenters. The third-order valence-corrected chi connectivity index (χ3v) is 1.81. The summed E-state index contributed by atoms with van der Waals surface area (Å²) in [5, 5.41) is 0. The van der Waals surface area contributed by atoms with Gasteiger partial charge in [0, 0.05) is 0 Å². The number of hydrogen-bond donors (Lipinski definition) is 0. The van der Waals surface area contributed by atoms with Crippen molar-refractivity contribution in [1.82, 2.24) is 0 Å². The van der Waals surface area contributed by atoms with E-state index in [2.05, 4.69) is 19.9 Å².